The van der Waals surface area contributed by atoms with Crippen LogP contribution in [0.4, 0.5) is 0 Å². The Morgan fingerprint density at radius 1 is 1.56 bits per heavy atom. The summed E-state index contributed by atoms with van der Waals surface area (Å²) in [5, 5.41) is 10.1. The van der Waals surface area contributed by atoms with Gasteiger partial charge in [0.25, 0.3) is 0 Å². The summed E-state index contributed by atoms with van der Waals surface area (Å²) in [7, 11) is 0. The number of carbonyl (C=O) groups excluding carboxylic acids is 1. The zero-order valence-electron chi connectivity index (χ0n) is 11.7. The fourth-order valence-electron chi connectivity index (χ4n) is 2.53. The monoisotopic (exact) mass is 264 g/mol. The SMILES string of the molecule is CSC1=C(C#N)[C@H](CC(C)C)C(C(C)=O)C(C)=N1. The maximum Gasteiger partial charge on any atom is 0.139 e. The Bertz CT molecular complexity index is 443. The Labute approximate surface area is 113 Å². The molecular weight excluding hydrogens is 244 g/mol. The normalized spacial score (nSPS) is 23.9. The van der Waals surface area contributed by atoms with Crippen molar-refractivity contribution in [1.82, 2.24) is 0 Å². The zero-order chi connectivity index (χ0) is 13.9. The number of hydrogen-bond acceptors (Lipinski definition) is 4. The molecular formula is C14H20N2OS. The number of aliphatic imine (C=N–C) groups is 1. The summed E-state index contributed by atoms with van der Waals surface area (Å²) in [5.74, 6) is 0.328. The lowest BCUT2D eigenvalue weighted by molar-refractivity contribution is -0.119. The predicted molar refractivity (Wildman–Crippen MR) is 76.4 cm³/mol. The maximum absolute atomic E-state index is 11.8. The molecule has 18 heavy (non-hydrogen) atoms. The van der Waals surface area contributed by atoms with E-state index in [1.165, 1.54) is 11.8 Å². The summed E-state index contributed by atoms with van der Waals surface area (Å²) < 4.78 is 0. The molecule has 0 aliphatic carbocycles. The molecule has 1 aliphatic rings. The van der Waals surface area contributed by atoms with E-state index in [1.807, 2.05) is 13.2 Å². The molecule has 0 fully saturated rings. The van der Waals surface area contributed by atoms with Crippen LogP contribution in [0.25, 0.3) is 0 Å². The van der Waals surface area contributed by atoms with Gasteiger partial charge in [0.05, 0.1) is 17.6 Å². The molecule has 0 saturated carbocycles. The number of rotatable bonds is 4. The van der Waals surface area contributed by atoms with Gasteiger partial charge in [-0.15, -0.1) is 11.8 Å². The number of carbonyl (C=O) groups is 1. The highest BCUT2D eigenvalue weighted by atomic mass is 32.2. The lowest BCUT2D eigenvalue weighted by Crippen LogP contribution is -2.33. The second-order valence-electron chi connectivity index (χ2n) is 5.11. The van der Waals surface area contributed by atoms with Crippen molar-refractivity contribution in [1.29, 1.82) is 5.26 Å². The van der Waals surface area contributed by atoms with Gasteiger partial charge in [-0.25, -0.2) is 4.99 Å². The smallest absolute Gasteiger partial charge is 0.139 e. The minimum Gasteiger partial charge on any atom is -0.299 e. The van der Waals surface area contributed by atoms with E-state index in [-0.39, 0.29) is 17.6 Å². The quantitative estimate of drug-likeness (QED) is 0.781. The standard InChI is InChI=1S/C14H20N2OS/c1-8(2)6-11-12(7-15)14(18-5)16-9(3)13(11)10(4)17/h8,11,13H,6H2,1-5H3/t11-,13?/m0/s1. The lowest BCUT2D eigenvalue weighted by atomic mass is 9.75. The molecule has 1 aliphatic heterocycles. The molecule has 0 radical (unpaired) electrons. The van der Waals surface area contributed by atoms with E-state index in [0.717, 1.165) is 17.2 Å². The van der Waals surface area contributed by atoms with Gasteiger partial charge >= 0.3 is 0 Å². The van der Waals surface area contributed by atoms with Crippen LogP contribution in [-0.4, -0.2) is 17.8 Å². The topological polar surface area (TPSA) is 53.2 Å². The first-order valence-electron chi connectivity index (χ1n) is 6.16. The molecule has 0 bridgehead atoms. The van der Waals surface area contributed by atoms with Crippen molar-refractivity contribution in [2.45, 2.75) is 34.1 Å². The fourth-order valence-corrected chi connectivity index (χ4v) is 3.18. The van der Waals surface area contributed by atoms with E-state index < -0.39 is 0 Å². The van der Waals surface area contributed by atoms with Crippen molar-refractivity contribution in [3.8, 4) is 6.07 Å². The molecule has 0 saturated heterocycles. The lowest BCUT2D eigenvalue weighted by Gasteiger charge is -2.30. The molecule has 0 aromatic heterocycles. The number of thioether (sulfide) groups is 1. The molecule has 98 valence electrons. The number of nitriles is 1. The van der Waals surface area contributed by atoms with Gasteiger partial charge in [0.15, 0.2) is 0 Å². The first-order chi connectivity index (χ1) is 8.42. The summed E-state index contributed by atoms with van der Waals surface area (Å²) in [5.41, 5.74) is 1.53. The number of hydrogen-bond donors (Lipinski definition) is 0. The van der Waals surface area contributed by atoms with Gasteiger partial charge in [-0.1, -0.05) is 13.8 Å². The van der Waals surface area contributed by atoms with E-state index in [1.54, 1.807) is 6.92 Å². The van der Waals surface area contributed by atoms with Crippen LogP contribution >= 0.6 is 11.8 Å². The van der Waals surface area contributed by atoms with Gasteiger partial charge in [0.1, 0.15) is 10.8 Å². The van der Waals surface area contributed by atoms with Crippen LogP contribution in [0.15, 0.2) is 15.6 Å². The maximum atomic E-state index is 11.8. The number of Topliss-reactive ketones (excluding diaryl/α,β-unsaturated/α-hetero) is 1. The van der Waals surface area contributed by atoms with Crippen molar-refractivity contribution in [3.05, 3.63) is 10.6 Å². The fraction of sp³-hybridized carbons (Fsp3) is 0.643. The van der Waals surface area contributed by atoms with E-state index in [4.69, 9.17) is 0 Å². The third kappa shape index (κ3) is 3.02. The Balaban J connectivity index is 3.27. The molecule has 4 heteroatoms. The highest BCUT2D eigenvalue weighted by Gasteiger charge is 2.36. The van der Waals surface area contributed by atoms with Crippen molar-refractivity contribution in [2.24, 2.45) is 22.7 Å². The number of allylic oxidation sites excluding steroid dienone is 1. The molecule has 0 amide bonds. The highest BCUT2D eigenvalue weighted by Crippen LogP contribution is 2.38. The minimum absolute atomic E-state index is 0.00699. The Hall–Kier alpha value is -1.08. The second kappa shape index (κ2) is 6.19. The van der Waals surface area contributed by atoms with Crippen LogP contribution in [0.5, 0.6) is 0 Å². The van der Waals surface area contributed by atoms with Crippen molar-refractivity contribution in [2.75, 3.05) is 6.26 Å². The van der Waals surface area contributed by atoms with Crippen molar-refractivity contribution in [3.63, 3.8) is 0 Å². The van der Waals surface area contributed by atoms with Crippen LogP contribution in [0.3, 0.4) is 0 Å². The summed E-state index contributed by atoms with van der Waals surface area (Å²) in [6.07, 6.45) is 2.77. The average molecular weight is 264 g/mol. The summed E-state index contributed by atoms with van der Waals surface area (Å²) >= 11 is 1.49. The van der Waals surface area contributed by atoms with Crippen LogP contribution in [0.2, 0.25) is 0 Å². The Morgan fingerprint density at radius 3 is 2.56 bits per heavy atom. The predicted octanol–water partition coefficient (Wildman–Crippen LogP) is 3.43. The van der Waals surface area contributed by atoms with E-state index in [9.17, 15) is 10.1 Å². The summed E-state index contributed by atoms with van der Waals surface area (Å²) in [6.45, 7) is 7.72. The first kappa shape index (κ1) is 15.0. The van der Waals surface area contributed by atoms with Gasteiger partial charge in [-0.2, -0.15) is 5.26 Å². The van der Waals surface area contributed by atoms with Gasteiger partial charge in [0, 0.05) is 11.6 Å². The van der Waals surface area contributed by atoms with Gasteiger partial charge in [-0.3, -0.25) is 4.79 Å². The molecule has 1 rings (SSSR count). The van der Waals surface area contributed by atoms with Crippen molar-refractivity contribution >= 4 is 23.3 Å². The van der Waals surface area contributed by atoms with Gasteiger partial charge in [0.2, 0.25) is 0 Å². The molecule has 2 atom stereocenters. The first-order valence-corrected chi connectivity index (χ1v) is 7.38. The molecule has 1 unspecified atom stereocenters. The van der Waals surface area contributed by atoms with Gasteiger partial charge < -0.3 is 0 Å². The van der Waals surface area contributed by atoms with Crippen LogP contribution < -0.4 is 0 Å². The molecule has 0 aromatic carbocycles. The Morgan fingerprint density at radius 2 is 2.17 bits per heavy atom. The molecule has 0 N–H and O–H groups in total. The average Bonchev–Trinajstić information content (AvgIpc) is 2.26. The number of nitrogens with zero attached hydrogens (tertiary/aromatic N) is 2. The molecule has 3 nitrogen and oxygen atoms in total. The minimum atomic E-state index is -0.224. The van der Waals surface area contributed by atoms with Gasteiger partial charge in [-0.05, 0) is 32.4 Å². The summed E-state index contributed by atoms with van der Waals surface area (Å²) in [6, 6.07) is 2.27. The zero-order valence-corrected chi connectivity index (χ0v) is 12.5. The third-order valence-corrected chi connectivity index (χ3v) is 3.91. The van der Waals surface area contributed by atoms with Crippen LogP contribution in [0, 0.1) is 29.1 Å². The van der Waals surface area contributed by atoms with Crippen LogP contribution in [-0.2, 0) is 4.79 Å². The second-order valence-corrected chi connectivity index (χ2v) is 5.91. The summed E-state index contributed by atoms with van der Waals surface area (Å²) in [4.78, 5) is 16.3. The third-order valence-electron chi connectivity index (χ3n) is 3.21. The largest absolute Gasteiger partial charge is 0.299 e. The molecule has 1 heterocycles. The molecule has 0 spiro atoms. The highest BCUT2D eigenvalue weighted by molar-refractivity contribution is 8.02. The van der Waals surface area contributed by atoms with E-state index >= 15 is 0 Å². The molecule has 0 aromatic rings. The Kier molecular flexibility index (Phi) is 5.15. The van der Waals surface area contributed by atoms with Crippen LogP contribution in [0.1, 0.15) is 34.1 Å². The van der Waals surface area contributed by atoms with E-state index in [2.05, 4.69) is 24.9 Å². The number of ketones is 1. The van der Waals surface area contributed by atoms with Crippen molar-refractivity contribution < 1.29 is 4.79 Å². The van der Waals surface area contributed by atoms with E-state index in [0.29, 0.717) is 11.5 Å².